The van der Waals surface area contributed by atoms with Crippen LogP contribution in [-0.2, 0) is 4.74 Å². The zero-order chi connectivity index (χ0) is 17.5. The van der Waals surface area contributed by atoms with Crippen LogP contribution >= 0.6 is 0 Å². The third kappa shape index (κ3) is 4.27. The molecule has 0 amide bonds. The summed E-state index contributed by atoms with van der Waals surface area (Å²) >= 11 is 0. The van der Waals surface area contributed by atoms with Gasteiger partial charge in [-0.05, 0) is 37.1 Å². The highest BCUT2D eigenvalue weighted by Gasteiger charge is 2.38. The molecule has 2 N–H and O–H groups in total. The van der Waals surface area contributed by atoms with E-state index in [9.17, 15) is 4.79 Å². The van der Waals surface area contributed by atoms with Gasteiger partial charge in [0.05, 0.1) is 12.0 Å². The molecule has 25 heavy (non-hydrogen) atoms. The molecule has 2 aromatic rings. The smallest absolute Gasteiger partial charge is 0.169 e. The Morgan fingerprint density at radius 1 is 0.960 bits per heavy atom. The number of ether oxygens (including phenoxy) is 1. The molecule has 2 unspecified atom stereocenters. The molecule has 0 heterocycles. The summed E-state index contributed by atoms with van der Waals surface area (Å²) in [6, 6.07) is 18.0. The lowest BCUT2D eigenvalue weighted by Gasteiger charge is -2.17. The Morgan fingerprint density at radius 3 is 2.52 bits per heavy atom. The fourth-order valence-electron chi connectivity index (χ4n) is 3.52. The number of para-hydroxylation sites is 1. The van der Waals surface area contributed by atoms with Gasteiger partial charge >= 0.3 is 0 Å². The minimum atomic E-state index is -0.0940. The van der Waals surface area contributed by atoms with Crippen molar-refractivity contribution in [1.29, 1.82) is 0 Å². The first-order valence-corrected chi connectivity index (χ1v) is 8.97. The Kier molecular flexibility index (Phi) is 6.20. The standard InChI is InChI=1S/C21H26N2O2/c1-25-21-18-11-6-5-10-17(18)20(24)19(21)12-7-13-22-14-15-23-16-8-3-2-4-9-16/h2-6,8-11,19,21-23H,7,12-15H2,1H3. The van der Waals surface area contributed by atoms with E-state index in [2.05, 4.69) is 22.8 Å². The molecule has 0 spiro atoms. The molecule has 0 aromatic heterocycles. The number of hydrogen-bond acceptors (Lipinski definition) is 4. The number of fused-ring (bicyclic) bond motifs is 1. The van der Waals surface area contributed by atoms with E-state index < -0.39 is 0 Å². The summed E-state index contributed by atoms with van der Waals surface area (Å²) in [7, 11) is 1.69. The van der Waals surface area contributed by atoms with Gasteiger partial charge in [0.2, 0.25) is 0 Å². The van der Waals surface area contributed by atoms with Crippen molar-refractivity contribution in [3.8, 4) is 0 Å². The normalized spacial score (nSPS) is 19.0. The summed E-state index contributed by atoms with van der Waals surface area (Å²) in [5.41, 5.74) is 3.01. The number of carbonyl (C=O) groups excluding carboxylic acids is 1. The van der Waals surface area contributed by atoms with E-state index >= 15 is 0 Å². The fourth-order valence-corrected chi connectivity index (χ4v) is 3.52. The third-order valence-corrected chi connectivity index (χ3v) is 4.76. The number of methoxy groups -OCH3 is 1. The fraction of sp³-hybridized carbons (Fsp3) is 0.381. The summed E-state index contributed by atoms with van der Waals surface area (Å²) in [4.78, 5) is 12.6. The predicted octanol–water partition coefficient (Wildman–Crippen LogP) is 3.67. The van der Waals surface area contributed by atoms with E-state index in [1.165, 1.54) is 0 Å². The predicted molar refractivity (Wildman–Crippen MR) is 101 cm³/mol. The SMILES string of the molecule is COC1c2ccccc2C(=O)C1CCCNCCNc1ccccc1. The summed E-state index contributed by atoms with van der Waals surface area (Å²) in [6.07, 6.45) is 1.73. The van der Waals surface area contributed by atoms with Crippen molar-refractivity contribution in [1.82, 2.24) is 5.32 Å². The highest BCUT2D eigenvalue weighted by Crippen LogP contribution is 2.40. The maximum atomic E-state index is 12.6. The Hall–Kier alpha value is -2.17. The second-order valence-electron chi connectivity index (χ2n) is 6.40. The van der Waals surface area contributed by atoms with Crippen LogP contribution in [0.5, 0.6) is 0 Å². The number of rotatable bonds is 9. The van der Waals surface area contributed by atoms with E-state index in [-0.39, 0.29) is 17.8 Å². The zero-order valence-corrected chi connectivity index (χ0v) is 14.7. The summed E-state index contributed by atoms with van der Waals surface area (Å²) in [6.45, 7) is 2.70. The average Bonchev–Trinajstić information content (AvgIpc) is 2.93. The van der Waals surface area contributed by atoms with Gasteiger partial charge < -0.3 is 15.4 Å². The van der Waals surface area contributed by atoms with E-state index in [0.717, 1.165) is 49.3 Å². The number of anilines is 1. The average molecular weight is 338 g/mol. The van der Waals surface area contributed by atoms with Gasteiger partial charge in [0.1, 0.15) is 0 Å². The third-order valence-electron chi connectivity index (χ3n) is 4.76. The maximum Gasteiger partial charge on any atom is 0.169 e. The monoisotopic (exact) mass is 338 g/mol. The molecule has 1 aliphatic rings. The molecule has 0 radical (unpaired) electrons. The first-order chi connectivity index (χ1) is 12.3. The quantitative estimate of drug-likeness (QED) is 0.685. The van der Waals surface area contributed by atoms with Crippen LogP contribution < -0.4 is 10.6 Å². The van der Waals surface area contributed by atoms with Gasteiger partial charge in [-0.15, -0.1) is 0 Å². The number of nitrogens with one attached hydrogen (secondary N) is 2. The van der Waals surface area contributed by atoms with Crippen LogP contribution in [0.1, 0.15) is 34.9 Å². The molecule has 4 heteroatoms. The summed E-state index contributed by atoms with van der Waals surface area (Å²) in [5.74, 6) is 0.180. The minimum Gasteiger partial charge on any atom is -0.384 e. The molecule has 0 aliphatic heterocycles. The van der Waals surface area contributed by atoms with Gasteiger partial charge in [0.15, 0.2) is 5.78 Å². The van der Waals surface area contributed by atoms with Gasteiger partial charge in [-0.1, -0.05) is 42.5 Å². The minimum absolute atomic E-state index is 0.0494. The van der Waals surface area contributed by atoms with Crippen LogP contribution in [0.25, 0.3) is 0 Å². The van der Waals surface area contributed by atoms with Crippen molar-refractivity contribution in [3.63, 3.8) is 0 Å². The molecule has 0 fully saturated rings. The molecule has 3 rings (SSSR count). The van der Waals surface area contributed by atoms with Crippen LogP contribution in [0.3, 0.4) is 0 Å². The molecule has 1 aliphatic carbocycles. The van der Waals surface area contributed by atoms with Crippen molar-refractivity contribution in [2.75, 3.05) is 32.1 Å². The van der Waals surface area contributed by atoms with Crippen LogP contribution in [-0.4, -0.2) is 32.5 Å². The lowest BCUT2D eigenvalue weighted by Crippen LogP contribution is -2.24. The van der Waals surface area contributed by atoms with Gasteiger partial charge in [-0.3, -0.25) is 4.79 Å². The van der Waals surface area contributed by atoms with Crippen LogP contribution in [0.15, 0.2) is 54.6 Å². The lowest BCUT2D eigenvalue weighted by atomic mass is 9.96. The van der Waals surface area contributed by atoms with Crippen molar-refractivity contribution in [3.05, 3.63) is 65.7 Å². The molecule has 2 atom stereocenters. The number of carbonyl (C=O) groups is 1. The Morgan fingerprint density at radius 2 is 1.72 bits per heavy atom. The molecule has 0 saturated carbocycles. The van der Waals surface area contributed by atoms with Crippen molar-refractivity contribution in [2.24, 2.45) is 5.92 Å². The first-order valence-electron chi connectivity index (χ1n) is 8.97. The van der Waals surface area contributed by atoms with E-state index in [1.807, 2.05) is 42.5 Å². The maximum absolute atomic E-state index is 12.6. The van der Waals surface area contributed by atoms with Crippen molar-refractivity contribution in [2.45, 2.75) is 18.9 Å². The Balaban J connectivity index is 1.37. The number of benzene rings is 2. The first kappa shape index (κ1) is 17.6. The van der Waals surface area contributed by atoms with Crippen LogP contribution in [0, 0.1) is 5.92 Å². The molecular weight excluding hydrogens is 312 g/mol. The zero-order valence-electron chi connectivity index (χ0n) is 14.7. The van der Waals surface area contributed by atoms with E-state index in [4.69, 9.17) is 4.74 Å². The Labute approximate surface area is 149 Å². The van der Waals surface area contributed by atoms with E-state index in [1.54, 1.807) is 7.11 Å². The van der Waals surface area contributed by atoms with Gasteiger partial charge in [-0.2, -0.15) is 0 Å². The summed E-state index contributed by atoms with van der Waals surface area (Å²) in [5, 5.41) is 6.81. The highest BCUT2D eigenvalue weighted by atomic mass is 16.5. The number of hydrogen-bond donors (Lipinski definition) is 2. The summed E-state index contributed by atoms with van der Waals surface area (Å²) < 4.78 is 5.61. The topological polar surface area (TPSA) is 50.4 Å². The molecule has 0 saturated heterocycles. The molecule has 132 valence electrons. The Bertz CT molecular complexity index is 687. The second kappa shape index (κ2) is 8.79. The van der Waals surface area contributed by atoms with Crippen molar-refractivity contribution < 1.29 is 9.53 Å². The molecule has 4 nitrogen and oxygen atoms in total. The molecular formula is C21H26N2O2. The second-order valence-corrected chi connectivity index (χ2v) is 6.40. The van der Waals surface area contributed by atoms with Gasteiger partial charge in [-0.25, -0.2) is 0 Å². The van der Waals surface area contributed by atoms with Gasteiger partial charge in [0, 0.05) is 31.5 Å². The number of ketones is 1. The van der Waals surface area contributed by atoms with Crippen molar-refractivity contribution >= 4 is 11.5 Å². The largest absolute Gasteiger partial charge is 0.384 e. The lowest BCUT2D eigenvalue weighted by molar-refractivity contribution is 0.0495. The van der Waals surface area contributed by atoms with Gasteiger partial charge in [0.25, 0.3) is 0 Å². The van der Waals surface area contributed by atoms with Crippen LogP contribution in [0.2, 0.25) is 0 Å². The highest BCUT2D eigenvalue weighted by molar-refractivity contribution is 6.02. The number of Topliss-reactive ketones (excluding diaryl/α,β-unsaturated/α-hetero) is 1. The van der Waals surface area contributed by atoms with E-state index in [0.29, 0.717) is 0 Å². The van der Waals surface area contributed by atoms with Crippen LogP contribution in [0.4, 0.5) is 5.69 Å². The molecule has 0 bridgehead atoms. The molecule has 2 aromatic carbocycles.